The topological polar surface area (TPSA) is 8.17 Å². The summed E-state index contributed by atoms with van der Waals surface area (Å²) in [6.07, 6.45) is 0. The van der Waals surface area contributed by atoms with E-state index in [1.54, 1.807) is 0 Å². The number of aromatic nitrogens is 1. The van der Waals surface area contributed by atoms with Crippen molar-refractivity contribution in [2.75, 3.05) is 4.90 Å². The Bertz CT molecular complexity index is 3120. The average Bonchev–Trinajstić information content (AvgIpc) is 3.74. The molecule has 0 atom stereocenters. The molecule has 2 heterocycles. The van der Waals surface area contributed by atoms with Gasteiger partial charge in [-0.1, -0.05) is 121 Å². The third kappa shape index (κ3) is 4.22. The van der Waals surface area contributed by atoms with E-state index in [-0.39, 0.29) is 0 Å². The molecule has 2 nitrogen and oxygen atoms in total. The number of hydrogen-bond donors (Lipinski definition) is 0. The van der Waals surface area contributed by atoms with Crippen LogP contribution in [-0.2, 0) is 0 Å². The zero-order chi connectivity index (χ0) is 33.5. The second-order valence-corrected chi connectivity index (χ2v) is 14.4. The third-order valence-corrected chi connectivity index (χ3v) is 11.7. The van der Waals surface area contributed by atoms with Crippen molar-refractivity contribution in [2.45, 2.75) is 0 Å². The lowest BCUT2D eigenvalue weighted by Crippen LogP contribution is -2.10. The molecule has 0 aliphatic rings. The molecule has 0 spiro atoms. The summed E-state index contributed by atoms with van der Waals surface area (Å²) in [6.45, 7) is 0. The van der Waals surface area contributed by atoms with Gasteiger partial charge in [0.2, 0.25) is 0 Å². The molecule has 0 saturated carbocycles. The molecule has 51 heavy (non-hydrogen) atoms. The van der Waals surface area contributed by atoms with Crippen molar-refractivity contribution in [3.05, 3.63) is 182 Å². The smallest absolute Gasteiger partial charge is 0.0562 e. The number of thiophene rings is 1. The molecule has 0 N–H and O–H groups in total. The first-order chi connectivity index (χ1) is 25.3. The average molecular weight is 667 g/mol. The number of rotatable bonds is 4. The predicted octanol–water partition coefficient (Wildman–Crippen LogP) is 14.1. The standard InChI is InChI=1S/C48H30N2S/c1-2-13-31(14-3-1)50-43-21-10-8-20-41(43)48-44(22-12-23-45(48)50)49(33-26-28-40-39-19-9-11-24-46(39)51-47(40)30-33)32-25-27-38-36-17-5-4-15-34(36)35-16-6-7-18-37(35)42(38)29-32/h1-30H. The van der Waals surface area contributed by atoms with E-state index >= 15 is 0 Å². The minimum absolute atomic E-state index is 1.13. The second-order valence-electron chi connectivity index (χ2n) is 13.3. The largest absolute Gasteiger partial charge is 0.310 e. The molecule has 2 aromatic heterocycles. The van der Waals surface area contributed by atoms with Crippen LogP contribution in [0.25, 0.3) is 80.0 Å². The lowest BCUT2D eigenvalue weighted by Gasteiger charge is -2.27. The molecule has 238 valence electrons. The lowest BCUT2D eigenvalue weighted by atomic mass is 9.94. The molecular formula is C48H30N2S. The van der Waals surface area contributed by atoms with Crippen molar-refractivity contribution in [3.63, 3.8) is 0 Å². The van der Waals surface area contributed by atoms with E-state index in [4.69, 9.17) is 0 Å². The zero-order valence-electron chi connectivity index (χ0n) is 27.6. The second kappa shape index (κ2) is 11.0. The highest BCUT2D eigenvalue weighted by molar-refractivity contribution is 7.25. The predicted molar refractivity (Wildman–Crippen MR) is 221 cm³/mol. The van der Waals surface area contributed by atoms with Crippen LogP contribution in [0.3, 0.4) is 0 Å². The van der Waals surface area contributed by atoms with E-state index in [1.165, 1.54) is 74.3 Å². The van der Waals surface area contributed by atoms with Crippen LogP contribution in [0.4, 0.5) is 17.1 Å². The van der Waals surface area contributed by atoms with Gasteiger partial charge in [0.05, 0.1) is 16.7 Å². The Morgan fingerprint density at radius 3 is 1.63 bits per heavy atom. The van der Waals surface area contributed by atoms with E-state index in [9.17, 15) is 0 Å². The van der Waals surface area contributed by atoms with Crippen molar-refractivity contribution in [1.82, 2.24) is 4.57 Å². The van der Waals surface area contributed by atoms with Crippen molar-refractivity contribution in [3.8, 4) is 5.69 Å². The fraction of sp³-hybridized carbons (Fsp3) is 0. The summed E-state index contributed by atoms with van der Waals surface area (Å²) < 4.78 is 5.00. The van der Waals surface area contributed by atoms with E-state index in [0.29, 0.717) is 0 Å². The molecule has 0 aliphatic heterocycles. The first kappa shape index (κ1) is 28.4. The monoisotopic (exact) mass is 666 g/mol. The summed E-state index contributed by atoms with van der Waals surface area (Å²) in [5.41, 5.74) is 6.97. The van der Waals surface area contributed by atoms with Gasteiger partial charge < -0.3 is 9.47 Å². The maximum Gasteiger partial charge on any atom is 0.0562 e. The van der Waals surface area contributed by atoms with Crippen molar-refractivity contribution in [1.29, 1.82) is 0 Å². The molecule has 3 heteroatoms. The fourth-order valence-electron chi connectivity index (χ4n) is 8.36. The Kier molecular flexibility index (Phi) is 6.16. The number of fused-ring (bicyclic) bond motifs is 12. The Morgan fingerprint density at radius 2 is 0.882 bits per heavy atom. The molecule has 11 rings (SSSR count). The highest BCUT2D eigenvalue weighted by atomic mass is 32.1. The SMILES string of the molecule is c1ccc(-n2c3ccccc3c3c(N(c4ccc5c(c4)sc4ccccc45)c4ccc5c6ccccc6c6ccccc6c5c4)cccc32)cc1. The normalized spacial score (nSPS) is 11.9. The van der Waals surface area contributed by atoms with E-state index in [1.807, 2.05) is 11.3 Å². The van der Waals surface area contributed by atoms with Gasteiger partial charge in [0.1, 0.15) is 0 Å². The summed E-state index contributed by atoms with van der Waals surface area (Å²) in [6, 6.07) is 66.8. The van der Waals surface area contributed by atoms with Gasteiger partial charge in [-0.15, -0.1) is 11.3 Å². The van der Waals surface area contributed by atoms with Gasteiger partial charge in [-0.3, -0.25) is 0 Å². The molecular weight excluding hydrogens is 637 g/mol. The summed E-state index contributed by atoms with van der Waals surface area (Å²) in [4.78, 5) is 2.48. The van der Waals surface area contributed by atoms with Crippen LogP contribution < -0.4 is 4.90 Å². The van der Waals surface area contributed by atoms with E-state index in [2.05, 4.69) is 191 Å². The van der Waals surface area contributed by atoms with Crippen molar-refractivity contribution >= 4 is 103 Å². The molecule has 0 unspecified atom stereocenters. The van der Waals surface area contributed by atoms with Crippen LogP contribution in [0.1, 0.15) is 0 Å². The van der Waals surface area contributed by atoms with Gasteiger partial charge in [-0.2, -0.15) is 0 Å². The maximum atomic E-state index is 2.48. The fourth-order valence-corrected chi connectivity index (χ4v) is 9.50. The number of nitrogens with zero attached hydrogens (tertiary/aromatic N) is 2. The van der Waals surface area contributed by atoms with Gasteiger partial charge in [0.15, 0.2) is 0 Å². The molecule has 0 fully saturated rings. The molecule has 0 aliphatic carbocycles. The molecule has 0 bridgehead atoms. The highest BCUT2D eigenvalue weighted by Gasteiger charge is 2.22. The van der Waals surface area contributed by atoms with Gasteiger partial charge in [0.25, 0.3) is 0 Å². The van der Waals surface area contributed by atoms with Crippen LogP contribution in [-0.4, -0.2) is 4.57 Å². The molecule has 0 amide bonds. The minimum Gasteiger partial charge on any atom is -0.310 e. The quantitative estimate of drug-likeness (QED) is 0.170. The minimum atomic E-state index is 1.13. The summed E-state index contributed by atoms with van der Waals surface area (Å²) in [7, 11) is 0. The van der Waals surface area contributed by atoms with Gasteiger partial charge in [-0.05, 0) is 93.0 Å². The third-order valence-electron chi connectivity index (χ3n) is 10.5. The van der Waals surface area contributed by atoms with Crippen molar-refractivity contribution in [2.24, 2.45) is 0 Å². The Labute approximate surface area is 298 Å². The van der Waals surface area contributed by atoms with Gasteiger partial charge >= 0.3 is 0 Å². The van der Waals surface area contributed by atoms with Crippen LogP contribution in [0.15, 0.2) is 182 Å². The number of anilines is 3. The maximum absolute atomic E-state index is 2.48. The first-order valence-corrected chi connectivity index (χ1v) is 18.3. The van der Waals surface area contributed by atoms with Crippen LogP contribution in [0.5, 0.6) is 0 Å². The number of para-hydroxylation sites is 2. The van der Waals surface area contributed by atoms with Crippen LogP contribution in [0, 0.1) is 0 Å². The van der Waals surface area contributed by atoms with Crippen molar-refractivity contribution < 1.29 is 0 Å². The van der Waals surface area contributed by atoms with Gasteiger partial charge in [-0.25, -0.2) is 0 Å². The van der Waals surface area contributed by atoms with Gasteiger partial charge in [0, 0.05) is 48.0 Å². The Hall–Kier alpha value is -6.42. The highest BCUT2D eigenvalue weighted by Crippen LogP contribution is 2.47. The first-order valence-electron chi connectivity index (χ1n) is 17.4. The molecule has 11 aromatic rings. The molecule has 0 radical (unpaired) electrons. The van der Waals surface area contributed by atoms with Crippen LogP contribution in [0.2, 0.25) is 0 Å². The van der Waals surface area contributed by atoms with Crippen LogP contribution >= 0.6 is 11.3 Å². The molecule has 9 aromatic carbocycles. The molecule has 0 saturated heterocycles. The zero-order valence-corrected chi connectivity index (χ0v) is 28.4. The Balaban J connectivity index is 1.25. The lowest BCUT2D eigenvalue weighted by molar-refractivity contribution is 1.18. The Morgan fingerprint density at radius 1 is 0.353 bits per heavy atom. The summed E-state index contributed by atoms with van der Waals surface area (Å²) in [5, 5.41) is 12.7. The summed E-state index contributed by atoms with van der Waals surface area (Å²) >= 11 is 1.87. The van der Waals surface area contributed by atoms with E-state index in [0.717, 1.165) is 22.7 Å². The number of benzene rings is 9. The van der Waals surface area contributed by atoms with E-state index < -0.39 is 0 Å². The number of hydrogen-bond acceptors (Lipinski definition) is 2. The summed E-state index contributed by atoms with van der Waals surface area (Å²) in [5.74, 6) is 0.